The van der Waals surface area contributed by atoms with E-state index >= 15 is 0 Å². The fourth-order valence-electron chi connectivity index (χ4n) is 5.06. The second-order valence-electron chi connectivity index (χ2n) is 9.10. The van der Waals surface area contributed by atoms with Crippen molar-refractivity contribution in [2.75, 3.05) is 52.5 Å². The SMILES string of the molecule is Clc1ncnc2sc3c(c12)CCN(CCN1CCOCC1)C3.Clc1ncnc2sc3c(c12)CCNC3. The van der Waals surface area contributed by atoms with Crippen LogP contribution in [0.2, 0.25) is 10.3 Å². The highest BCUT2D eigenvalue weighted by molar-refractivity contribution is 7.19. The molecule has 12 heteroatoms. The molecule has 1 N–H and O–H groups in total. The first-order valence-electron chi connectivity index (χ1n) is 12.2. The summed E-state index contributed by atoms with van der Waals surface area (Å²) in [4.78, 5) is 26.6. The van der Waals surface area contributed by atoms with Gasteiger partial charge in [-0.25, -0.2) is 19.9 Å². The molecule has 0 spiro atoms. The van der Waals surface area contributed by atoms with Gasteiger partial charge in [-0.3, -0.25) is 9.80 Å². The average molecular weight is 565 g/mol. The van der Waals surface area contributed by atoms with Crippen molar-refractivity contribution in [3.05, 3.63) is 43.8 Å². The molecule has 7 rings (SSSR count). The summed E-state index contributed by atoms with van der Waals surface area (Å²) >= 11 is 15.8. The number of hydrogen-bond acceptors (Lipinski definition) is 10. The average Bonchev–Trinajstić information content (AvgIpc) is 3.48. The van der Waals surface area contributed by atoms with Crippen LogP contribution in [0, 0.1) is 0 Å². The van der Waals surface area contributed by atoms with Crippen molar-refractivity contribution in [2.45, 2.75) is 25.9 Å². The molecule has 0 amide bonds. The van der Waals surface area contributed by atoms with Gasteiger partial charge in [-0.1, -0.05) is 23.2 Å². The molecule has 1 saturated heterocycles. The minimum Gasteiger partial charge on any atom is -0.379 e. The van der Waals surface area contributed by atoms with Gasteiger partial charge in [-0.2, -0.15) is 0 Å². The molecule has 0 atom stereocenters. The molecule has 4 aromatic rings. The normalized spacial score (nSPS) is 18.6. The summed E-state index contributed by atoms with van der Waals surface area (Å²) in [5.41, 5.74) is 2.71. The number of nitrogens with zero attached hydrogens (tertiary/aromatic N) is 6. The topological polar surface area (TPSA) is 79.3 Å². The summed E-state index contributed by atoms with van der Waals surface area (Å²) in [5.74, 6) is 0. The van der Waals surface area contributed by atoms with E-state index in [9.17, 15) is 0 Å². The summed E-state index contributed by atoms with van der Waals surface area (Å²) in [6.07, 6.45) is 5.16. The molecule has 190 valence electrons. The van der Waals surface area contributed by atoms with Gasteiger partial charge in [0.25, 0.3) is 0 Å². The number of morpholine rings is 1. The predicted octanol–water partition coefficient (Wildman–Crippen LogP) is 4.03. The molecule has 7 heterocycles. The molecule has 3 aliphatic rings. The Bertz CT molecular complexity index is 1370. The van der Waals surface area contributed by atoms with Crippen molar-refractivity contribution in [3.8, 4) is 0 Å². The van der Waals surface area contributed by atoms with Crippen molar-refractivity contribution in [3.63, 3.8) is 0 Å². The van der Waals surface area contributed by atoms with E-state index in [0.29, 0.717) is 10.3 Å². The first-order valence-corrected chi connectivity index (χ1v) is 14.6. The fourth-order valence-corrected chi connectivity index (χ4v) is 8.05. The number of ether oxygens (including phenoxy) is 1. The van der Waals surface area contributed by atoms with Crippen LogP contribution < -0.4 is 5.32 Å². The Morgan fingerprint density at radius 2 is 1.44 bits per heavy atom. The molecule has 0 aliphatic carbocycles. The Morgan fingerprint density at radius 3 is 2.17 bits per heavy atom. The van der Waals surface area contributed by atoms with Gasteiger partial charge < -0.3 is 10.1 Å². The Hall–Kier alpha value is -1.50. The number of aromatic nitrogens is 4. The van der Waals surface area contributed by atoms with Crippen LogP contribution in [0.1, 0.15) is 20.9 Å². The second-order valence-corrected chi connectivity index (χ2v) is 12.0. The van der Waals surface area contributed by atoms with E-state index in [0.717, 1.165) is 98.8 Å². The Morgan fingerprint density at radius 1 is 0.806 bits per heavy atom. The zero-order chi connectivity index (χ0) is 24.5. The third-order valence-corrected chi connectivity index (χ3v) is 9.81. The predicted molar refractivity (Wildman–Crippen MR) is 147 cm³/mol. The third-order valence-electron chi connectivity index (χ3n) is 6.97. The molecule has 1 fully saturated rings. The fraction of sp³-hybridized carbons (Fsp3) is 0.500. The van der Waals surface area contributed by atoms with Crippen molar-refractivity contribution < 1.29 is 4.74 Å². The highest BCUT2D eigenvalue weighted by Gasteiger charge is 2.24. The molecule has 0 unspecified atom stereocenters. The summed E-state index contributed by atoms with van der Waals surface area (Å²) in [7, 11) is 0. The summed E-state index contributed by atoms with van der Waals surface area (Å²) < 4.78 is 5.40. The molecular formula is C24H27Cl2N7OS2. The first-order chi connectivity index (χ1) is 17.7. The van der Waals surface area contributed by atoms with Gasteiger partial charge in [0.05, 0.1) is 24.0 Å². The van der Waals surface area contributed by atoms with E-state index in [-0.39, 0.29) is 0 Å². The second kappa shape index (κ2) is 11.1. The summed E-state index contributed by atoms with van der Waals surface area (Å²) in [6.45, 7) is 10.2. The van der Waals surface area contributed by atoms with Gasteiger partial charge in [0.1, 0.15) is 32.6 Å². The Kier molecular flexibility index (Phi) is 7.64. The minimum absolute atomic E-state index is 0.592. The van der Waals surface area contributed by atoms with E-state index in [1.807, 2.05) is 0 Å². The van der Waals surface area contributed by atoms with E-state index < -0.39 is 0 Å². The van der Waals surface area contributed by atoms with E-state index in [2.05, 4.69) is 35.1 Å². The van der Waals surface area contributed by atoms with Crippen LogP contribution in [0.5, 0.6) is 0 Å². The van der Waals surface area contributed by atoms with Crippen LogP contribution in [-0.4, -0.2) is 82.2 Å². The first kappa shape index (κ1) is 24.8. The van der Waals surface area contributed by atoms with Crippen molar-refractivity contribution >= 4 is 66.3 Å². The molecule has 0 saturated carbocycles. The number of hydrogen-bond donors (Lipinski definition) is 1. The maximum Gasteiger partial charge on any atom is 0.141 e. The number of thiophene rings is 2. The zero-order valence-corrected chi connectivity index (χ0v) is 22.9. The monoisotopic (exact) mass is 563 g/mol. The van der Waals surface area contributed by atoms with E-state index in [1.54, 1.807) is 29.0 Å². The smallest absolute Gasteiger partial charge is 0.141 e. The van der Waals surface area contributed by atoms with E-state index in [1.165, 1.54) is 27.2 Å². The lowest BCUT2D eigenvalue weighted by molar-refractivity contribution is 0.0327. The summed E-state index contributed by atoms with van der Waals surface area (Å²) in [6, 6.07) is 0. The van der Waals surface area contributed by atoms with E-state index in [4.69, 9.17) is 27.9 Å². The van der Waals surface area contributed by atoms with Crippen LogP contribution in [0.4, 0.5) is 0 Å². The lowest BCUT2D eigenvalue weighted by atomic mass is 10.1. The maximum absolute atomic E-state index is 6.26. The molecule has 0 radical (unpaired) electrons. The highest BCUT2D eigenvalue weighted by Crippen LogP contribution is 2.37. The van der Waals surface area contributed by atoms with Gasteiger partial charge in [0.15, 0.2) is 0 Å². The molecule has 3 aliphatic heterocycles. The van der Waals surface area contributed by atoms with Gasteiger partial charge in [0, 0.05) is 55.6 Å². The molecule has 4 aromatic heterocycles. The molecule has 8 nitrogen and oxygen atoms in total. The van der Waals surface area contributed by atoms with Crippen LogP contribution in [0.3, 0.4) is 0 Å². The molecular weight excluding hydrogens is 537 g/mol. The van der Waals surface area contributed by atoms with Gasteiger partial charge >= 0.3 is 0 Å². The number of fused-ring (bicyclic) bond motifs is 6. The van der Waals surface area contributed by atoms with Gasteiger partial charge in [-0.05, 0) is 30.5 Å². The third kappa shape index (κ3) is 5.10. The van der Waals surface area contributed by atoms with Crippen LogP contribution >= 0.6 is 45.9 Å². The maximum atomic E-state index is 6.26. The Labute approximate surface area is 227 Å². The largest absolute Gasteiger partial charge is 0.379 e. The molecule has 36 heavy (non-hydrogen) atoms. The van der Waals surface area contributed by atoms with Crippen molar-refractivity contribution in [2.24, 2.45) is 0 Å². The number of nitrogens with one attached hydrogen (secondary N) is 1. The summed E-state index contributed by atoms with van der Waals surface area (Å²) in [5, 5.41) is 6.68. The lowest BCUT2D eigenvalue weighted by Gasteiger charge is -2.31. The highest BCUT2D eigenvalue weighted by atomic mass is 35.5. The quantitative estimate of drug-likeness (QED) is 0.374. The molecule has 0 aromatic carbocycles. The zero-order valence-electron chi connectivity index (χ0n) is 19.8. The molecule has 0 bridgehead atoms. The van der Waals surface area contributed by atoms with Crippen LogP contribution in [0.25, 0.3) is 20.4 Å². The van der Waals surface area contributed by atoms with Crippen molar-refractivity contribution in [1.29, 1.82) is 0 Å². The standard InChI is InChI=1S/C15H19ClN4OS.C9H8ClN3S/c16-14-13-11-1-2-20(4-3-19-5-7-21-8-6-19)9-12(11)22-15(13)18-10-17-14;10-8-7-5-1-2-11-3-6(5)14-9(7)13-4-12-8/h10H,1-9H2;4,11H,1-3H2. The van der Waals surface area contributed by atoms with Crippen LogP contribution in [0.15, 0.2) is 12.7 Å². The van der Waals surface area contributed by atoms with Gasteiger partial charge in [0.2, 0.25) is 0 Å². The van der Waals surface area contributed by atoms with Gasteiger partial charge in [-0.15, -0.1) is 22.7 Å². The Balaban J connectivity index is 0.000000147. The number of halogens is 2. The van der Waals surface area contributed by atoms with Crippen LogP contribution in [-0.2, 0) is 30.7 Å². The number of rotatable bonds is 3. The lowest BCUT2D eigenvalue weighted by Crippen LogP contribution is -2.42. The minimum atomic E-state index is 0.592. The van der Waals surface area contributed by atoms with Crippen molar-refractivity contribution in [1.82, 2.24) is 35.1 Å².